The summed E-state index contributed by atoms with van der Waals surface area (Å²) in [6.07, 6.45) is 2.20. The summed E-state index contributed by atoms with van der Waals surface area (Å²) in [4.78, 5) is 44.6. The number of nitrogens with two attached hydrogens (primary N) is 1. The third kappa shape index (κ3) is 7.15. The molecule has 0 bridgehead atoms. The van der Waals surface area contributed by atoms with Gasteiger partial charge in [-0.05, 0) is 49.6 Å². The van der Waals surface area contributed by atoms with E-state index in [0.29, 0.717) is 12.1 Å². The topological polar surface area (TPSA) is 120 Å². The lowest BCUT2D eigenvalue weighted by Crippen LogP contribution is -2.52. The van der Waals surface area contributed by atoms with E-state index in [1.165, 1.54) is 0 Å². The van der Waals surface area contributed by atoms with Crippen molar-refractivity contribution in [3.63, 3.8) is 0 Å². The number of fused-ring (bicyclic) bond motifs is 1. The summed E-state index contributed by atoms with van der Waals surface area (Å²) < 4.78 is 0. The zero-order chi connectivity index (χ0) is 28.7. The van der Waals surface area contributed by atoms with Crippen LogP contribution in [-0.2, 0) is 16.0 Å². The number of nitrogens with one attached hydrogen (secondary N) is 3. The van der Waals surface area contributed by atoms with Gasteiger partial charge in [-0.1, -0.05) is 66.7 Å². The molecule has 1 aromatic heterocycles. The standard InChI is InChI=1S/C32H37N5O3/c1-4-37(31(40)26-16-9-8-14-24(26)22-12-6-5-7-13-22)21-35-30(39)28(36-29(38)19-32(2,3)33)18-23-20-34-27-17-11-10-15-25(23)27/h5-17,20,28,34H,4,18-19,21,33H2,1-3H3,(H,35,39)(H,36,38). The van der Waals surface area contributed by atoms with Gasteiger partial charge in [-0.25, -0.2) is 0 Å². The Balaban J connectivity index is 1.51. The lowest BCUT2D eigenvalue weighted by molar-refractivity contribution is -0.129. The van der Waals surface area contributed by atoms with E-state index < -0.39 is 11.6 Å². The Morgan fingerprint density at radius 1 is 0.950 bits per heavy atom. The normalized spacial score (nSPS) is 12.1. The Bertz CT molecular complexity index is 1470. The van der Waals surface area contributed by atoms with E-state index in [-0.39, 0.29) is 37.2 Å². The van der Waals surface area contributed by atoms with E-state index in [1.807, 2.05) is 85.9 Å². The summed E-state index contributed by atoms with van der Waals surface area (Å²) in [5, 5.41) is 6.73. The van der Waals surface area contributed by atoms with Crippen molar-refractivity contribution in [1.29, 1.82) is 0 Å². The van der Waals surface area contributed by atoms with Crippen molar-refractivity contribution in [3.8, 4) is 11.1 Å². The predicted molar refractivity (Wildman–Crippen MR) is 158 cm³/mol. The molecule has 1 heterocycles. The molecule has 1 unspecified atom stereocenters. The van der Waals surface area contributed by atoms with Crippen molar-refractivity contribution < 1.29 is 14.4 Å². The fourth-order valence-corrected chi connectivity index (χ4v) is 4.72. The van der Waals surface area contributed by atoms with Gasteiger partial charge < -0.3 is 26.3 Å². The average Bonchev–Trinajstić information content (AvgIpc) is 3.35. The van der Waals surface area contributed by atoms with Crippen LogP contribution in [0.5, 0.6) is 0 Å². The van der Waals surface area contributed by atoms with Gasteiger partial charge in [-0.3, -0.25) is 14.4 Å². The molecular weight excluding hydrogens is 502 g/mol. The lowest BCUT2D eigenvalue weighted by atomic mass is 9.99. The van der Waals surface area contributed by atoms with E-state index in [9.17, 15) is 14.4 Å². The van der Waals surface area contributed by atoms with Gasteiger partial charge in [0.25, 0.3) is 5.91 Å². The Morgan fingerprint density at radius 2 is 1.62 bits per heavy atom. The van der Waals surface area contributed by atoms with Crippen LogP contribution in [0.1, 0.15) is 43.1 Å². The molecule has 4 aromatic rings. The highest BCUT2D eigenvalue weighted by atomic mass is 16.2. The van der Waals surface area contributed by atoms with Crippen molar-refractivity contribution >= 4 is 28.6 Å². The summed E-state index contributed by atoms with van der Waals surface area (Å²) in [5.41, 5.74) is 9.50. The van der Waals surface area contributed by atoms with Gasteiger partial charge in [0.15, 0.2) is 0 Å². The maximum absolute atomic E-state index is 13.6. The van der Waals surface area contributed by atoms with Gasteiger partial charge in [-0.15, -0.1) is 0 Å². The largest absolute Gasteiger partial charge is 0.361 e. The number of amides is 3. The highest BCUT2D eigenvalue weighted by molar-refractivity contribution is 6.01. The molecule has 0 aliphatic heterocycles. The molecule has 8 heteroatoms. The molecule has 0 aliphatic carbocycles. The first kappa shape index (κ1) is 28.6. The first-order valence-electron chi connectivity index (χ1n) is 13.5. The molecule has 0 fully saturated rings. The second-order valence-corrected chi connectivity index (χ2v) is 10.6. The molecule has 40 heavy (non-hydrogen) atoms. The van der Waals surface area contributed by atoms with Gasteiger partial charge in [-0.2, -0.15) is 0 Å². The number of benzene rings is 3. The van der Waals surface area contributed by atoms with Crippen LogP contribution in [0.2, 0.25) is 0 Å². The van der Waals surface area contributed by atoms with E-state index in [2.05, 4.69) is 15.6 Å². The quantitative estimate of drug-likeness (QED) is 0.213. The fraction of sp³-hybridized carbons (Fsp3) is 0.281. The smallest absolute Gasteiger partial charge is 0.255 e. The highest BCUT2D eigenvalue weighted by Crippen LogP contribution is 2.24. The van der Waals surface area contributed by atoms with Crippen LogP contribution in [0, 0.1) is 0 Å². The van der Waals surface area contributed by atoms with E-state index in [1.54, 1.807) is 24.8 Å². The first-order chi connectivity index (χ1) is 19.2. The van der Waals surface area contributed by atoms with Crippen molar-refractivity contribution in [2.45, 2.75) is 45.2 Å². The number of rotatable bonds is 11. The zero-order valence-electron chi connectivity index (χ0n) is 23.2. The third-order valence-corrected chi connectivity index (χ3v) is 6.72. The molecule has 8 nitrogen and oxygen atoms in total. The molecule has 3 amide bonds. The van der Waals surface area contributed by atoms with Gasteiger partial charge in [0.2, 0.25) is 11.8 Å². The third-order valence-electron chi connectivity index (χ3n) is 6.72. The Morgan fingerprint density at radius 3 is 2.35 bits per heavy atom. The number of nitrogens with zero attached hydrogens (tertiary/aromatic N) is 1. The van der Waals surface area contributed by atoms with Crippen LogP contribution in [0.4, 0.5) is 0 Å². The van der Waals surface area contributed by atoms with Gasteiger partial charge in [0.05, 0.1) is 6.67 Å². The molecule has 0 saturated heterocycles. The molecule has 1 atom stereocenters. The van der Waals surface area contributed by atoms with Gasteiger partial charge in [0.1, 0.15) is 6.04 Å². The molecular formula is C32H37N5O3. The van der Waals surface area contributed by atoms with Crippen molar-refractivity contribution in [1.82, 2.24) is 20.5 Å². The van der Waals surface area contributed by atoms with E-state index in [4.69, 9.17) is 5.73 Å². The molecule has 3 aromatic carbocycles. The Labute approximate surface area is 234 Å². The average molecular weight is 540 g/mol. The summed E-state index contributed by atoms with van der Waals surface area (Å²) in [6.45, 7) is 5.78. The van der Waals surface area contributed by atoms with Crippen LogP contribution in [0.15, 0.2) is 85.1 Å². The SMILES string of the molecule is CCN(CNC(=O)C(Cc1c[nH]c2ccccc12)NC(=O)CC(C)(C)N)C(=O)c1ccccc1-c1ccccc1. The molecule has 0 aliphatic rings. The number of H-pyrrole nitrogens is 1. The number of hydrogen-bond acceptors (Lipinski definition) is 4. The van der Waals surface area contributed by atoms with Crippen molar-refractivity contribution in [2.75, 3.05) is 13.2 Å². The number of aromatic nitrogens is 1. The molecule has 0 spiro atoms. The maximum Gasteiger partial charge on any atom is 0.255 e. The Hall–Kier alpha value is -4.43. The number of carbonyl (C=O) groups is 3. The Kier molecular flexibility index (Phi) is 9.01. The number of aromatic amines is 1. The lowest BCUT2D eigenvalue weighted by Gasteiger charge is -2.25. The summed E-state index contributed by atoms with van der Waals surface area (Å²) in [7, 11) is 0. The molecule has 208 valence electrons. The molecule has 5 N–H and O–H groups in total. The second-order valence-electron chi connectivity index (χ2n) is 10.6. The maximum atomic E-state index is 13.6. The van der Waals surface area contributed by atoms with Gasteiger partial charge in [0, 0.05) is 47.6 Å². The number of carbonyl (C=O) groups excluding carboxylic acids is 3. The van der Waals surface area contributed by atoms with Gasteiger partial charge >= 0.3 is 0 Å². The van der Waals surface area contributed by atoms with Crippen molar-refractivity contribution in [3.05, 3.63) is 96.2 Å². The summed E-state index contributed by atoms with van der Waals surface area (Å²) >= 11 is 0. The predicted octanol–water partition coefficient (Wildman–Crippen LogP) is 4.23. The zero-order valence-corrected chi connectivity index (χ0v) is 23.2. The molecule has 0 radical (unpaired) electrons. The second kappa shape index (κ2) is 12.6. The minimum Gasteiger partial charge on any atom is -0.361 e. The fourth-order valence-electron chi connectivity index (χ4n) is 4.72. The summed E-state index contributed by atoms with van der Waals surface area (Å²) in [5.74, 6) is -0.881. The number of hydrogen-bond donors (Lipinski definition) is 4. The van der Waals surface area contributed by atoms with Crippen LogP contribution >= 0.6 is 0 Å². The van der Waals surface area contributed by atoms with E-state index >= 15 is 0 Å². The van der Waals surface area contributed by atoms with Crippen LogP contribution in [0.3, 0.4) is 0 Å². The molecule has 0 saturated carbocycles. The minimum absolute atomic E-state index is 0.0000718. The monoisotopic (exact) mass is 539 g/mol. The summed E-state index contributed by atoms with van der Waals surface area (Å²) in [6, 6.07) is 24.1. The van der Waals surface area contributed by atoms with Crippen LogP contribution < -0.4 is 16.4 Å². The van der Waals surface area contributed by atoms with Crippen LogP contribution in [0.25, 0.3) is 22.0 Å². The first-order valence-corrected chi connectivity index (χ1v) is 13.5. The molecule has 4 rings (SSSR count). The minimum atomic E-state index is -0.848. The van der Waals surface area contributed by atoms with E-state index in [0.717, 1.165) is 27.6 Å². The number of para-hydroxylation sites is 1. The van der Waals surface area contributed by atoms with Crippen molar-refractivity contribution in [2.24, 2.45) is 5.73 Å². The van der Waals surface area contributed by atoms with Crippen LogP contribution in [-0.4, -0.2) is 52.4 Å². The highest BCUT2D eigenvalue weighted by Gasteiger charge is 2.26.